The summed E-state index contributed by atoms with van der Waals surface area (Å²) in [6.07, 6.45) is 0. The minimum absolute atomic E-state index is 0.0991. The minimum Gasteiger partial charge on any atom is -0.507 e. The summed E-state index contributed by atoms with van der Waals surface area (Å²) in [6, 6.07) is 11.0. The van der Waals surface area contributed by atoms with Gasteiger partial charge in [-0.2, -0.15) is 0 Å². The number of amides is 1. The summed E-state index contributed by atoms with van der Waals surface area (Å²) in [4.78, 5) is 45.0. The Hall–Kier alpha value is -4.18. The molecule has 1 N–H and O–H groups in total. The molecule has 1 aliphatic heterocycles. The number of methoxy groups -OCH3 is 1. The van der Waals surface area contributed by atoms with Crippen molar-refractivity contribution in [3.63, 3.8) is 0 Å². The molecule has 1 amide bonds. The van der Waals surface area contributed by atoms with E-state index in [0.717, 1.165) is 16.9 Å². The van der Waals surface area contributed by atoms with Crippen LogP contribution in [-0.2, 0) is 14.3 Å². The number of Topliss-reactive ketones (excluding diaryl/α,β-unsaturated/α-hetero) is 1. The Labute approximate surface area is 224 Å². The molecule has 4 rings (SSSR count). The van der Waals surface area contributed by atoms with Crippen molar-refractivity contribution >= 4 is 39.9 Å². The van der Waals surface area contributed by atoms with Crippen LogP contribution in [0.25, 0.3) is 5.76 Å². The van der Waals surface area contributed by atoms with Gasteiger partial charge in [0.15, 0.2) is 16.6 Å². The third kappa shape index (κ3) is 4.87. The van der Waals surface area contributed by atoms with Crippen molar-refractivity contribution in [3.05, 3.63) is 75.3 Å². The molecule has 1 unspecified atom stereocenters. The molecular formula is C28H28N2O7S. The first kappa shape index (κ1) is 26.9. The molecular weight excluding hydrogens is 508 g/mol. The molecule has 1 aliphatic rings. The van der Waals surface area contributed by atoms with Crippen LogP contribution in [0.1, 0.15) is 51.9 Å². The van der Waals surface area contributed by atoms with Gasteiger partial charge < -0.3 is 19.3 Å². The predicted octanol–water partition coefficient (Wildman–Crippen LogP) is 4.97. The van der Waals surface area contributed by atoms with E-state index in [2.05, 4.69) is 4.98 Å². The zero-order valence-electron chi connectivity index (χ0n) is 21.7. The van der Waals surface area contributed by atoms with Crippen molar-refractivity contribution in [2.75, 3.05) is 25.2 Å². The normalized spacial score (nSPS) is 16.6. The van der Waals surface area contributed by atoms with E-state index in [1.807, 2.05) is 20.8 Å². The van der Waals surface area contributed by atoms with Gasteiger partial charge in [0, 0.05) is 5.56 Å². The van der Waals surface area contributed by atoms with Crippen molar-refractivity contribution < 1.29 is 33.7 Å². The first-order chi connectivity index (χ1) is 18.2. The quantitative estimate of drug-likeness (QED) is 0.186. The number of carbonyl (C=O) groups excluding carboxylic acids is 3. The SMILES string of the molecule is CCOc1ccc(C2C(=C(O)c3ccc(C)cc3)C(=O)C(=O)N2c2nc(C)c(C(=O)OC)s2)cc1OCC. The number of aromatic nitrogens is 1. The Morgan fingerprint density at radius 2 is 1.68 bits per heavy atom. The lowest BCUT2D eigenvalue weighted by molar-refractivity contribution is -0.132. The van der Waals surface area contributed by atoms with Crippen LogP contribution in [0.15, 0.2) is 48.0 Å². The Balaban J connectivity index is 1.95. The fourth-order valence-corrected chi connectivity index (χ4v) is 5.23. The number of hydrogen-bond acceptors (Lipinski definition) is 9. The van der Waals surface area contributed by atoms with E-state index >= 15 is 0 Å². The molecule has 2 aromatic carbocycles. The van der Waals surface area contributed by atoms with E-state index < -0.39 is 23.7 Å². The summed E-state index contributed by atoms with van der Waals surface area (Å²) < 4.78 is 16.3. The average molecular weight is 537 g/mol. The standard InChI is InChI=1S/C28H28N2O7S/c1-6-36-19-13-12-18(14-20(19)37-7-2)22-21(23(31)17-10-8-15(3)9-11-17)24(32)26(33)30(22)28-29-16(4)25(38-28)27(34)35-5/h8-14,22,31H,6-7H2,1-5H3. The van der Waals surface area contributed by atoms with Gasteiger partial charge in [-0.3, -0.25) is 14.5 Å². The molecule has 3 aromatic rings. The summed E-state index contributed by atoms with van der Waals surface area (Å²) in [5, 5.41) is 11.5. The number of carbonyl (C=O) groups is 3. The highest BCUT2D eigenvalue weighted by Gasteiger charge is 2.48. The second kappa shape index (κ2) is 11.1. The van der Waals surface area contributed by atoms with Crippen molar-refractivity contribution in [3.8, 4) is 11.5 Å². The average Bonchev–Trinajstić information content (AvgIpc) is 3.41. The molecule has 0 radical (unpaired) electrons. The lowest BCUT2D eigenvalue weighted by Crippen LogP contribution is -2.29. The van der Waals surface area contributed by atoms with Crippen LogP contribution in [0.4, 0.5) is 5.13 Å². The smallest absolute Gasteiger partial charge is 0.350 e. The zero-order chi connectivity index (χ0) is 27.6. The summed E-state index contributed by atoms with van der Waals surface area (Å²) in [6.45, 7) is 7.99. The zero-order valence-corrected chi connectivity index (χ0v) is 22.5. The van der Waals surface area contributed by atoms with E-state index in [9.17, 15) is 19.5 Å². The highest BCUT2D eigenvalue weighted by atomic mass is 32.1. The van der Waals surface area contributed by atoms with E-state index in [-0.39, 0.29) is 21.3 Å². The van der Waals surface area contributed by atoms with E-state index in [1.54, 1.807) is 49.4 Å². The molecule has 9 nitrogen and oxygen atoms in total. The molecule has 1 fully saturated rings. The summed E-state index contributed by atoms with van der Waals surface area (Å²) in [5.41, 5.74) is 2.12. The van der Waals surface area contributed by atoms with Gasteiger partial charge in [-0.25, -0.2) is 9.78 Å². The number of aliphatic hydroxyl groups excluding tert-OH is 1. The van der Waals surface area contributed by atoms with Gasteiger partial charge in [0.2, 0.25) is 0 Å². The topological polar surface area (TPSA) is 115 Å². The van der Waals surface area contributed by atoms with E-state index in [1.165, 1.54) is 12.0 Å². The second-order valence-corrected chi connectivity index (χ2v) is 9.49. The van der Waals surface area contributed by atoms with Crippen molar-refractivity contribution in [2.45, 2.75) is 33.7 Å². The van der Waals surface area contributed by atoms with Crippen LogP contribution in [0.3, 0.4) is 0 Å². The number of benzene rings is 2. The Bertz CT molecular complexity index is 1430. The molecule has 38 heavy (non-hydrogen) atoms. The first-order valence-corrected chi connectivity index (χ1v) is 12.9. The third-order valence-corrected chi connectivity index (χ3v) is 7.15. The molecule has 2 heterocycles. The van der Waals surface area contributed by atoms with E-state index in [4.69, 9.17) is 14.2 Å². The van der Waals surface area contributed by atoms with Gasteiger partial charge in [0.1, 0.15) is 10.6 Å². The number of rotatable bonds is 8. The number of ether oxygens (including phenoxy) is 3. The van der Waals surface area contributed by atoms with Crippen LogP contribution in [-0.4, -0.2) is 48.1 Å². The van der Waals surface area contributed by atoms with Crippen molar-refractivity contribution in [1.29, 1.82) is 0 Å². The maximum atomic E-state index is 13.5. The highest BCUT2D eigenvalue weighted by Crippen LogP contribution is 2.45. The van der Waals surface area contributed by atoms with Gasteiger partial charge in [0.05, 0.1) is 37.6 Å². The van der Waals surface area contributed by atoms with Gasteiger partial charge in [-0.15, -0.1) is 0 Å². The van der Waals surface area contributed by atoms with Crippen LogP contribution in [0, 0.1) is 13.8 Å². The number of ketones is 1. The number of aliphatic hydroxyl groups is 1. The number of nitrogens with zero attached hydrogens (tertiary/aromatic N) is 2. The molecule has 1 aromatic heterocycles. The number of anilines is 1. The number of esters is 1. The maximum Gasteiger partial charge on any atom is 0.350 e. The summed E-state index contributed by atoms with van der Waals surface area (Å²) >= 11 is 0.938. The Morgan fingerprint density at radius 3 is 2.32 bits per heavy atom. The molecule has 10 heteroatoms. The molecule has 1 atom stereocenters. The molecule has 0 saturated carbocycles. The second-order valence-electron chi connectivity index (χ2n) is 8.51. The molecule has 0 aliphatic carbocycles. The maximum absolute atomic E-state index is 13.5. The third-order valence-electron chi connectivity index (χ3n) is 6.01. The lowest BCUT2D eigenvalue weighted by Gasteiger charge is -2.24. The molecule has 0 spiro atoms. The van der Waals surface area contributed by atoms with Crippen LogP contribution in [0.2, 0.25) is 0 Å². The number of aryl methyl sites for hydroxylation is 2. The van der Waals surface area contributed by atoms with Gasteiger partial charge in [-0.05, 0) is 45.4 Å². The largest absolute Gasteiger partial charge is 0.507 e. The molecule has 198 valence electrons. The van der Waals surface area contributed by atoms with Gasteiger partial charge in [0.25, 0.3) is 5.78 Å². The van der Waals surface area contributed by atoms with Crippen molar-refractivity contribution in [1.82, 2.24) is 4.98 Å². The number of thiazole rings is 1. The summed E-state index contributed by atoms with van der Waals surface area (Å²) in [7, 11) is 1.25. The highest BCUT2D eigenvalue weighted by molar-refractivity contribution is 7.17. The molecule has 0 bridgehead atoms. The van der Waals surface area contributed by atoms with E-state index in [0.29, 0.717) is 41.5 Å². The first-order valence-electron chi connectivity index (χ1n) is 12.0. The molecule has 1 saturated heterocycles. The fourth-order valence-electron chi connectivity index (χ4n) is 4.22. The monoisotopic (exact) mass is 536 g/mol. The fraction of sp³-hybridized carbons (Fsp3) is 0.286. The van der Waals surface area contributed by atoms with Gasteiger partial charge in [-0.1, -0.05) is 47.2 Å². The number of hydrogen-bond donors (Lipinski definition) is 1. The Morgan fingerprint density at radius 1 is 1.03 bits per heavy atom. The van der Waals surface area contributed by atoms with Crippen LogP contribution < -0.4 is 14.4 Å². The Kier molecular flexibility index (Phi) is 7.82. The minimum atomic E-state index is -1.04. The van der Waals surface area contributed by atoms with Crippen LogP contribution in [0.5, 0.6) is 11.5 Å². The predicted molar refractivity (Wildman–Crippen MR) is 143 cm³/mol. The van der Waals surface area contributed by atoms with Crippen molar-refractivity contribution in [2.24, 2.45) is 0 Å². The van der Waals surface area contributed by atoms with Crippen LogP contribution >= 0.6 is 11.3 Å². The summed E-state index contributed by atoms with van der Waals surface area (Å²) in [5.74, 6) is -1.72. The lowest BCUT2D eigenvalue weighted by atomic mass is 9.95. The van der Waals surface area contributed by atoms with Gasteiger partial charge >= 0.3 is 11.9 Å².